The van der Waals surface area contributed by atoms with Gasteiger partial charge in [-0.05, 0) is 240 Å². The van der Waals surface area contributed by atoms with Crippen molar-refractivity contribution in [2.75, 3.05) is 0 Å². The monoisotopic (exact) mass is 1600 g/mol. The Morgan fingerprint density at radius 3 is 0.817 bits per heavy atom. The van der Waals surface area contributed by atoms with E-state index < -0.39 is 0 Å². The summed E-state index contributed by atoms with van der Waals surface area (Å²) in [6, 6.07) is 155. The van der Waals surface area contributed by atoms with Crippen molar-refractivity contribution >= 4 is 97.3 Å². The summed E-state index contributed by atoms with van der Waals surface area (Å²) in [7, 11) is 0. The van der Waals surface area contributed by atoms with Crippen LogP contribution in [0.15, 0.2) is 468 Å². The van der Waals surface area contributed by atoms with Crippen molar-refractivity contribution in [3.05, 3.63) is 468 Å². The topological polar surface area (TPSA) is 90.2 Å². The van der Waals surface area contributed by atoms with Crippen LogP contribution in [0.5, 0.6) is 0 Å². The number of pyridine rings is 7. The van der Waals surface area contributed by atoms with E-state index in [0.29, 0.717) is 0 Å². The molecule has 0 fully saturated rings. The van der Waals surface area contributed by atoms with Crippen molar-refractivity contribution in [3.8, 4) is 134 Å². The molecule has 7 nitrogen and oxygen atoms in total. The fourth-order valence-corrected chi connectivity index (χ4v) is 18.1. The predicted octanol–water partition coefficient (Wildman–Crippen LogP) is 31.2. The Labute approximate surface area is 729 Å². The van der Waals surface area contributed by atoms with Gasteiger partial charge in [0.1, 0.15) is 0 Å². The lowest BCUT2D eigenvalue weighted by atomic mass is 9.92. The van der Waals surface area contributed by atoms with Crippen molar-refractivity contribution in [1.29, 1.82) is 0 Å². The van der Waals surface area contributed by atoms with Crippen LogP contribution >= 0.6 is 0 Å². The molecule has 0 amide bonds. The normalized spacial score (nSPS) is 11.3. The van der Waals surface area contributed by atoms with Gasteiger partial charge in [0.2, 0.25) is 0 Å². The molecule has 17 aromatic carbocycles. The second kappa shape index (κ2) is 33.3. The summed E-state index contributed by atoms with van der Waals surface area (Å²) in [5.41, 5.74) is 29.3. The molecule has 24 rings (SSSR count). The van der Waals surface area contributed by atoms with E-state index in [1.54, 1.807) is 6.20 Å². The smallest absolute Gasteiger partial charge is 0.0886 e. The lowest BCUT2D eigenvalue weighted by Crippen LogP contribution is -1.93. The van der Waals surface area contributed by atoms with Gasteiger partial charge >= 0.3 is 0 Å². The quantitative estimate of drug-likeness (QED) is 0.120. The van der Waals surface area contributed by atoms with Crippen molar-refractivity contribution in [1.82, 2.24) is 34.9 Å². The van der Waals surface area contributed by atoms with Crippen LogP contribution in [0.1, 0.15) is 0 Å². The van der Waals surface area contributed by atoms with Gasteiger partial charge in [-0.1, -0.05) is 334 Å². The highest BCUT2D eigenvalue weighted by molar-refractivity contribution is 6.09. The molecule has 126 heavy (non-hydrogen) atoms. The van der Waals surface area contributed by atoms with E-state index in [9.17, 15) is 0 Å². The van der Waals surface area contributed by atoms with Gasteiger partial charge in [-0.25, -0.2) is 15.0 Å². The summed E-state index contributed by atoms with van der Waals surface area (Å²) in [6.07, 6.45) is 9.28. The van der Waals surface area contributed by atoms with E-state index in [1.165, 1.54) is 109 Å². The second-order valence-corrected chi connectivity index (χ2v) is 31.8. The zero-order valence-electron chi connectivity index (χ0n) is 68.6. The largest absolute Gasteiger partial charge is 0.265 e. The molecule has 588 valence electrons. The first kappa shape index (κ1) is 75.3. The highest BCUT2D eigenvalue weighted by Crippen LogP contribution is 2.44. The maximum Gasteiger partial charge on any atom is 0.0886 e. The molecular weight excluding hydrogens is 1530 g/mol. The Morgan fingerprint density at radius 2 is 0.429 bits per heavy atom. The number of fused-ring (bicyclic) bond motifs is 9. The Hall–Kier alpha value is -16.9. The minimum Gasteiger partial charge on any atom is -0.265 e. The van der Waals surface area contributed by atoms with Gasteiger partial charge in [0, 0.05) is 75.0 Å². The van der Waals surface area contributed by atoms with Crippen LogP contribution in [-0.4, -0.2) is 34.9 Å². The third kappa shape index (κ3) is 14.7. The molecule has 7 heteroatoms. The fraction of sp³-hybridized carbons (Fsp3) is 0. The van der Waals surface area contributed by atoms with Crippen LogP contribution in [0.2, 0.25) is 0 Å². The highest BCUT2D eigenvalue weighted by atomic mass is 14.8. The number of hydrogen-bond donors (Lipinski definition) is 0. The van der Waals surface area contributed by atoms with Gasteiger partial charge in [0.25, 0.3) is 0 Å². The molecule has 0 unspecified atom stereocenters. The summed E-state index contributed by atoms with van der Waals surface area (Å²) >= 11 is 0. The molecule has 0 aliphatic carbocycles. The van der Waals surface area contributed by atoms with Crippen LogP contribution in [-0.2, 0) is 0 Å². The van der Waals surface area contributed by atoms with Gasteiger partial charge in [0.05, 0.1) is 50.7 Å². The SMILES string of the molecule is c1ccc(-c2ccc(-c3cc(-c4cccc5ccccc45)nc4ccc(-c5cccc6ccccc56)cc34)cn2)nc1.c1ccc(-c2cccc(-c3cc(-c4cccc5ccccc45)nc4ccc(-c5cccc6ccccc56)cc34)c2)nc1.c1ccc2c(-c3ccc4nc(-c5cccc6ccccc56)cc(-c5ccc(-c6ccncc6)cc5)c4c3)cccc2c1. The molecule has 24 aromatic rings. The first-order valence-corrected chi connectivity index (χ1v) is 42.6. The standard InChI is InChI=1S/2C40H26N2.C39H25N3/c1-3-11-33-29(7-1)9-5-13-35(33)32-19-20-39-38(25-32)37(31-17-15-27(16-18-31)28-21-23-41-24-22-28)26-40(42-39)36-14-6-10-30-8-2-4-12-34(30)36;1-3-16-32-27(10-1)12-8-18-34(32)30-21-22-39-37(25-30)36(29-14-7-15-31(24-29)38-20-5-6-23-41-38)26-40(42-39)35-19-9-13-28-11-2-4-17-33(28)35;1-3-13-30-26(9-1)11-7-15-32(30)28-18-20-36-35(23-28)34(29-19-21-38(41-25-29)37-17-5-6-22-40-37)24-39(42-36)33-16-8-12-27-10-2-4-14-31(27)33/h2*1-26H;1-25H. The average Bonchev–Trinajstić information content (AvgIpc) is 0.761. The van der Waals surface area contributed by atoms with E-state index in [4.69, 9.17) is 19.9 Å². The summed E-state index contributed by atoms with van der Waals surface area (Å²) < 4.78 is 0. The van der Waals surface area contributed by atoms with Crippen molar-refractivity contribution in [2.45, 2.75) is 0 Å². The molecule has 0 saturated heterocycles. The van der Waals surface area contributed by atoms with E-state index in [0.717, 1.165) is 123 Å². The number of benzene rings is 17. The lowest BCUT2D eigenvalue weighted by Gasteiger charge is -2.15. The molecule has 0 atom stereocenters. The maximum absolute atomic E-state index is 5.25. The van der Waals surface area contributed by atoms with Gasteiger partial charge in [-0.2, -0.15) is 0 Å². The van der Waals surface area contributed by atoms with E-state index in [-0.39, 0.29) is 0 Å². The average molecular weight is 1600 g/mol. The van der Waals surface area contributed by atoms with Crippen LogP contribution in [0.25, 0.3) is 232 Å². The molecular formula is C119H77N7. The summed E-state index contributed by atoms with van der Waals surface area (Å²) in [4.78, 5) is 33.8. The first-order valence-electron chi connectivity index (χ1n) is 42.6. The molecule has 0 radical (unpaired) electrons. The van der Waals surface area contributed by atoms with Crippen molar-refractivity contribution in [3.63, 3.8) is 0 Å². The van der Waals surface area contributed by atoms with Crippen LogP contribution < -0.4 is 0 Å². The summed E-state index contributed by atoms with van der Waals surface area (Å²) in [6.45, 7) is 0. The Bertz CT molecular complexity index is 7910. The second-order valence-electron chi connectivity index (χ2n) is 31.8. The zero-order valence-corrected chi connectivity index (χ0v) is 68.6. The first-order chi connectivity index (χ1) is 62.4. The predicted molar refractivity (Wildman–Crippen MR) is 527 cm³/mol. The van der Waals surface area contributed by atoms with Gasteiger partial charge in [0.15, 0.2) is 0 Å². The lowest BCUT2D eigenvalue weighted by molar-refractivity contribution is 1.25. The van der Waals surface area contributed by atoms with Gasteiger partial charge in [-0.3, -0.25) is 19.9 Å². The summed E-state index contributed by atoms with van der Waals surface area (Å²) in [5.74, 6) is 0. The number of aromatic nitrogens is 7. The molecule has 0 N–H and O–H groups in total. The molecule has 0 aliphatic heterocycles. The zero-order chi connectivity index (χ0) is 83.6. The van der Waals surface area contributed by atoms with Crippen LogP contribution in [0.4, 0.5) is 0 Å². The third-order valence-corrected chi connectivity index (χ3v) is 24.3. The van der Waals surface area contributed by atoms with Gasteiger partial charge < -0.3 is 0 Å². The fourth-order valence-electron chi connectivity index (χ4n) is 18.1. The van der Waals surface area contributed by atoms with E-state index in [1.807, 2.05) is 67.3 Å². The van der Waals surface area contributed by atoms with Crippen LogP contribution in [0.3, 0.4) is 0 Å². The number of hydrogen-bond acceptors (Lipinski definition) is 7. The highest BCUT2D eigenvalue weighted by Gasteiger charge is 2.21. The third-order valence-electron chi connectivity index (χ3n) is 24.3. The number of nitrogens with zero attached hydrogens (tertiary/aromatic N) is 7. The maximum atomic E-state index is 5.25. The van der Waals surface area contributed by atoms with Crippen molar-refractivity contribution in [2.24, 2.45) is 0 Å². The van der Waals surface area contributed by atoms with Crippen LogP contribution in [0, 0.1) is 0 Å². The molecule has 0 aliphatic rings. The minimum absolute atomic E-state index is 0.850. The Morgan fingerprint density at radius 1 is 0.135 bits per heavy atom. The van der Waals surface area contributed by atoms with Crippen molar-refractivity contribution < 1.29 is 0 Å². The molecule has 0 spiro atoms. The Kier molecular flexibility index (Phi) is 19.9. The molecule has 7 heterocycles. The molecule has 0 bridgehead atoms. The van der Waals surface area contributed by atoms with E-state index in [2.05, 4.69) is 409 Å². The molecule has 0 saturated carbocycles. The van der Waals surface area contributed by atoms with E-state index >= 15 is 0 Å². The van der Waals surface area contributed by atoms with Gasteiger partial charge in [-0.15, -0.1) is 0 Å². The molecule has 7 aromatic heterocycles. The summed E-state index contributed by atoms with van der Waals surface area (Å²) in [5, 5.41) is 18.0. The number of rotatable bonds is 12. The minimum atomic E-state index is 0.850. The Balaban J connectivity index is 0.000000112.